The van der Waals surface area contributed by atoms with Crippen LogP contribution in [-0.2, 0) is 4.74 Å². The van der Waals surface area contributed by atoms with Gasteiger partial charge in [0.05, 0.1) is 17.3 Å². The van der Waals surface area contributed by atoms with Crippen LogP contribution >= 0.6 is 11.6 Å². The van der Waals surface area contributed by atoms with Crippen LogP contribution in [-0.4, -0.2) is 18.1 Å². The molecular weight excluding hydrogens is 224 g/mol. The molecule has 16 heavy (non-hydrogen) atoms. The Morgan fingerprint density at radius 1 is 1.62 bits per heavy atom. The molecule has 0 bridgehead atoms. The number of nitrogens with zero attached hydrogens (tertiary/aromatic N) is 1. The van der Waals surface area contributed by atoms with Crippen molar-refractivity contribution in [2.75, 3.05) is 13.2 Å². The van der Waals surface area contributed by atoms with Crippen molar-refractivity contribution in [3.8, 4) is 0 Å². The molecule has 0 aromatic carbocycles. The Labute approximate surface area is 100 Å². The van der Waals surface area contributed by atoms with Gasteiger partial charge in [-0.15, -0.1) is 0 Å². The first kappa shape index (κ1) is 11.4. The number of rotatable bonds is 4. The minimum Gasteiger partial charge on any atom is -0.496 e. The maximum Gasteiger partial charge on any atom is 0.115 e. The van der Waals surface area contributed by atoms with E-state index in [0.29, 0.717) is 5.02 Å². The number of nitrogens with one attached hydrogen (secondary N) is 1. The molecule has 1 aromatic rings. The number of hydrogen-bond acceptors (Lipinski definition) is 3. The SMILES string of the molecule is CCNC(C1=CCCO1)c1ncccc1Cl. The molecule has 3 nitrogen and oxygen atoms in total. The van der Waals surface area contributed by atoms with Crippen molar-refractivity contribution in [2.24, 2.45) is 0 Å². The molecular formula is C12H15ClN2O. The predicted octanol–water partition coefficient (Wildman–Crippen LogP) is 2.69. The molecule has 86 valence electrons. The lowest BCUT2D eigenvalue weighted by atomic mass is 10.1. The third-order valence-electron chi connectivity index (χ3n) is 2.49. The quantitative estimate of drug-likeness (QED) is 0.876. The van der Waals surface area contributed by atoms with Crippen LogP contribution in [0.3, 0.4) is 0 Å². The molecule has 0 spiro atoms. The van der Waals surface area contributed by atoms with Gasteiger partial charge in [0.15, 0.2) is 0 Å². The van der Waals surface area contributed by atoms with Crippen molar-refractivity contribution < 1.29 is 4.74 Å². The number of pyridine rings is 1. The van der Waals surface area contributed by atoms with E-state index in [0.717, 1.165) is 31.0 Å². The van der Waals surface area contributed by atoms with E-state index in [2.05, 4.69) is 23.3 Å². The fourth-order valence-corrected chi connectivity index (χ4v) is 2.02. The highest BCUT2D eigenvalue weighted by Gasteiger charge is 2.22. The lowest BCUT2D eigenvalue weighted by Crippen LogP contribution is -2.24. The largest absolute Gasteiger partial charge is 0.496 e. The molecule has 2 heterocycles. The molecule has 0 saturated carbocycles. The van der Waals surface area contributed by atoms with Gasteiger partial charge in [-0.05, 0) is 24.8 Å². The number of likely N-dealkylation sites (N-methyl/N-ethyl adjacent to an activating group) is 1. The summed E-state index contributed by atoms with van der Waals surface area (Å²) >= 11 is 6.15. The van der Waals surface area contributed by atoms with Gasteiger partial charge in [0, 0.05) is 12.6 Å². The maximum atomic E-state index is 6.15. The summed E-state index contributed by atoms with van der Waals surface area (Å²) < 4.78 is 5.58. The monoisotopic (exact) mass is 238 g/mol. The highest BCUT2D eigenvalue weighted by molar-refractivity contribution is 6.31. The lowest BCUT2D eigenvalue weighted by molar-refractivity contribution is 0.215. The van der Waals surface area contributed by atoms with Crippen LogP contribution in [0.1, 0.15) is 25.1 Å². The van der Waals surface area contributed by atoms with Crippen molar-refractivity contribution in [1.82, 2.24) is 10.3 Å². The van der Waals surface area contributed by atoms with Crippen LogP contribution in [0.15, 0.2) is 30.2 Å². The molecule has 4 heteroatoms. The van der Waals surface area contributed by atoms with Crippen LogP contribution in [0.25, 0.3) is 0 Å². The van der Waals surface area contributed by atoms with Gasteiger partial charge >= 0.3 is 0 Å². The molecule has 0 radical (unpaired) electrons. The zero-order valence-corrected chi connectivity index (χ0v) is 10.00. The maximum absolute atomic E-state index is 6.15. The van der Waals surface area contributed by atoms with Gasteiger partial charge in [-0.2, -0.15) is 0 Å². The average molecular weight is 239 g/mol. The molecule has 1 N–H and O–H groups in total. The van der Waals surface area contributed by atoms with Crippen LogP contribution in [0.5, 0.6) is 0 Å². The van der Waals surface area contributed by atoms with Gasteiger partial charge in [0.1, 0.15) is 11.8 Å². The topological polar surface area (TPSA) is 34.1 Å². The molecule has 0 fully saturated rings. The summed E-state index contributed by atoms with van der Waals surface area (Å²) in [5.41, 5.74) is 0.833. The van der Waals surface area contributed by atoms with E-state index in [1.54, 1.807) is 6.20 Å². The Kier molecular flexibility index (Phi) is 3.80. The summed E-state index contributed by atoms with van der Waals surface area (Å²) in [6.45, 7) is 3.65. The Hall–Kier alpha value is -1.06. The van der Waals surface area contributed by atoms with Crippen LogP contribution < -0.4 is 5.32 Å². The first-order valence-corrected chi connectivity index (χ1v) is 5.87. The fraction of sp³-hybridized carbons (Fsp3) is 0.417. The van der Waals surface area contributed by atoms with E-state index in [1.165, 1.54) is 0 Å². The Balaban J connectivity index is 2.28. The van der Waals surface area contributed by atoms with Crippen LogP contribution in [0, 0.1) is 0 Å². The third-order valence-corrected chi connectivity index (χ3v) is 2.80. The summed E-state index contributed by atoms with van der Waals surface area (Å²) in [7, 11) is 0. The van der Waals surface area contributed by atoms with Gasteiger partial charge < -0.3 is 10.1 Å². The van der Waals surface area contributed by atoms with Crippen molar-refractivity contribution in [1.29, 1.82) is 0 Å². The molecule has 1 aliphatic heterocycles. The number of hydrogen-bond donors (Lipinski definition) is 1. The molecule has 0 amide bonds. The number of ether oxygens (including phenoxy) is 1. The third kappa shape index (κ3) is 2.36. The second kappa shape index (κ2) is 5.32. The van der Waals surface area contributed by atoms with Gasteiger partial charge in [0.2, 0.25) is 0 Å². The van der Waals surface area contributed by atoms with Crippen molar-refractivity contribution >= 4 is 11.6 Å². The van der Waals surface area contributed by atoms with Gasteiger partial charge in [0.25, 0.3) is 0 Å². The predicted molar refractivity (Wildman–Crippen MR) is 64.3 cm³/mol. The minimum absolute atomic E-state index is 0.0267. The van der Waals surface area contributed by atoms with E-state index in [-0.39, 0.29) is 6.04 Å². The lowest BCUT2D eigenvalue weighted by Gasteiger charge is -2.19. The van der Waals surface area contributed by atoms with Crippen LogP contribution in [0.4, 0.5) is 0 Å². The summed E-state index contributed by atoms with van der Waals surface area (Å²) in [6, 6.07) is 3.66. The Morgan fingerprint density at radius 3 is 3.12 bits per heavy atom. The summed E-state index contributed by atoms with van der Waals surface area (Å²) in [4.78, 5) is 4.33. The molecule has 2 rings (SSSR count). The number of aromatic nitrogens is 1. The van der Waals surface area contributed by atoms with Crippen molar-refractivity contribution in [3.63, 3.8) is 0 Å². The van der Waals surface area contributed by atoms with E-state index in [9.17, 15) is 0 Å². The highest BCUT2D eigenvalue weighted by Crippen LogP contribution is 2.29. The molecule has 1 atom stereocenters. The Bertz CT molecular complexity index is 392. The molecule has 1 aliphatic rings. The standard InChI is InChI=1S/C12H15ClN2O/c1-2-14-12(10-6-4-8-16-10)11-9(13)5-3-7-15-11/h3,5-7,12,14H,2,4,8H2,1H3. The molecule has 1 aromatic heterocycles. The van der Waals surface area contributed by atoms with Gasteiger partial charge in [-0.3, -0.25) is 4.98 Å². The first-order chi connectivity index (χ1) is 7.83. The smallest absolute Gasteiger partial charge is 0.115 e. The highest BCUT2D eigenvalue weighted by atomic mass is 35.5. The summed E-state index contributed by atoms with van der Waals surface area (Å²) in [5.74, 6) is 0.933. The van der Waals surface area contributed by atoms with E-state index < -0.39 is 0 Å². The summed E-state index contributed by atoms with van der Waals surface area (Å²) in [6.07, 6.45) is 4.81. The Morgan fingerprint density at radius 2 is 2.50 bits per heavy atom. The second-order valence-electron chi connectivity index (χ2n) is 3.60. The van der Waals surface area contributed by atoms with Crippen LogP contribution in [0.2, 0.25) is 5.02 Å². The van der Waals surface area contributed by atoms with E-state index in [1.807, 2.05) is 12.1 Å². The average Bonchev–Trinajstić information content (AvgIpc) is 2.80. The summed E-state index contributed by atoms with van der Waals surface area (Å²) in [5, 5.41) is 4.01. The van der Waals surface area contributed by atoms with E-state index >= 15 is 0 Å². The normalized spacial score (nSPS) is 16.8. The van der Waals surface area contributed by atoms with E-state index in [4.69, 9.17) is 16.3 Å². The molecule has 0 aliphatic carbocycles. The van der Waals surface area contributed by atoms with Crippen molar-refractivity contribution in [2.45, 2.75) is 19.4 Å². The van der Waals surface area contributed by atoms with Gasteiger partial charge in [-0.1, -0.05) is 18.5 Å². The fourth-order valence-electron chi connectivity index (χ4n) is 1.78. The first-order valence-electron chi connectivity index (χ1n) is 5.49. The number of halogens is 1. The van der Waals surface area contributed by atoms with Crippen molar-refractivity contribution in [3.05, 3.63) is 40.9 Å². The van der Waals surface area contributed by atoms with Gasteiger partial charge in [-0.25, -0.2) is 0 Å². The second-order valence-corrected chi connectivity index (χ2v) is 4.01. The molecule has 0 saturated heterocycles. The minimum atomic E-state index is -0.0267. The zero-order chi connectivity index (χ0) is 11.4. The zero-order valence-electron chi connectivity index (χ0n) is 9.24. The molecule has 1 unspecified atom stereocenters.